The molecule has 0 spiro atoms. The molecular weight excluding hydrogens is 312 g/mol. The molecule has 2 N–H and O–H groups in total. The van der Waals surface area contributed by atoms with Crippen LogP contribution in [-0.4, -0.2) is 40.8 Å². The van der Waals surface area contributed by atoms with Crippen LogP contribution in [0.2, 0.25) is 0 Å². The van der Waals surface area contributed by atoms with E-state index in [0.717, 1.165) is 55.3 Å². The van der Waals surface area contributed by atoms with Crippen LogP contribution in [0.1, 0.15) is 29.9 Å². The van der Waals surface area contributed by atoms with E-state index in [9.17, 15) is 5.11 Å². The number of nitrogens with zero attached hydrogens (tertiary/aromatic N) is 3. The minimum atomic E-state index is 0.192. The monoisotopic (exact) mass is 336 g/mol. The van der Waals surface area contributed by atoms with Crippen molar-refractivity contribution in [2.75, 3.05) is 29.9 Å². The number of benzene rings is 1. The zero-order valence-electron chi connectivity index (χ0n) is 14.3. The number of anilines is 2. The summed E-state index contributed by atoms with van der Waals surface area (Å²) < 4.78 is 0. The fraction of sp³-hybridized carbons (Fsp3) is 0.500. The van der Waals surface area contributed by atoms with E-state index in [1.807, 2.05) is 6.07 Å². The Morgan fingerprint density at radius 3 is 3.08 bits per heavy atom. The van der Waals surface area contributed by atoms with Crippen molar-refractivity contribution in [1.82, 2.24) is 9.97 Å². The summed E-state index contributed by atoms with van der Waals surface area (Å²) in [7, 11) is 0. The van der Waals surface area contributed by atoms with Crippen LogP contribution in [0.15, 0.2) is 36.7 Å². The topological polar surface area (TPSA) is 61.3 Å². The van der Waals surface area contributed by atoms with Crippen molar-refractivity contribution in [3.63, 3.8) is 0 Å². The predicted molar refractivity (Wildman–Crippen MR) is 97.8 cm³/mol. The van der Waals surface area contributed by atoms with Crippen molar-refractivity contribution < 1.29 is 5.11 Å². The number of hydrogen-bond acceptors (Lipinski definition) is 5. The summed E-state index contributed by atoms with van der Waals surface area (Å²) in [6.45, 7) is 2.13. The predicted octanol–water partition coefficient (Wildman–Crippen LogP) is 2.44. The zero-order valence-corrected chi connectivity index (χ0v) is 14.3. The van der Waals surface area contributed by atoms with E-state index in [0.29, 0.717) is 0 Å². The van der Waals surface area contributed by atoms with Gasteiger partial charge in [0, 0.05) is 19.2 Å². The number of aliphatic hydroxyl groups excluding tert-OH is 1. The SMILES string of the molecule is OCC1CCCN1c1cc(NCC2C3Cc4ccccc4C23)ncn1. The molecule has 1 saturated heterocycles. The highest BCUT2D eigenvalue weighted by Gasteiger charge is 2.54. The second-order valence-corrected chi connectivity index (χ2v) is 7.57. The van der Waals surface area contributed by atoms with Gasteiger partial charge in [0.05, 0.1) is 12.6 Å². The molecular formula is C20H24N4O. The highest BCUT2D eigenvalue weighted by molar-refractivity contribution is 5.51. The van der Waals surface area contributed by atoms with Crippen LogP contribution >= 0.6 is 0 Å². The van der Waals surface area contributed by atoms with E-state index in [1.165, 1.54) is 6.42 Å². The number of aromatic nitrogens is 2. The molecule has 1 saturated carbocycles. The molecule has 2 heterocycles. The van der Waals surface area contributed by atoms with Gasteiger partial charge in [0.25, 0.3) is 0 Å². The Morgan fingerprint density at radius 1 is 1.24 bits per heavy atom. The maximum atomic E-state index is 9.52. The molecule has 25 heavy (non-hydrogen) atoms. The van der Waals surface area contributed by atoms with Crippen molar-refractivity contribution in [2.45, 2.75) is 31.2 Å². The molecule has 0 amide bonds. The number of aliphatic hydroxyl groups is 1. The standard InChI is InChI=1S/C20H24N4O/c25-11-14-5-3-7-24(14)19-9-18(22-12-23-19)21-10-17-16-8-13-4-1-2-6-15(13)20(16)17/h1-2,4,6,9,12,14,16-17,20,25H,3,5,7-8,10-11H2,(H,21,22,23). The van der Waals surface area contributed by atoms with Gasteiger partial charge in [-0.05, 0) is 48.1 Å². The second kappa shape index (κ2) is 5.99. The third-order valence-corrected chi connectivity index (χ3v) is 6.26. The number of hydrogen-bond donors (Lipinski definition) is 2. The summed E-state index contributed by atoms with van der Waals surface area (Å²) in [4.78, 5) is 11.0. The molecule has 5 nitrogen and oxygen atoms in total. The van der Waals surface area contributed by atoms with Crippen molar-refractivity contribution in [1.29, 1.82) is 0 Å². The van der Waals surface area contributed by atoms with E-state index in [-0.39, 0.29) is 12.6 Å². The Morgan fingerprint density at radius 2 is 2.16 bits per heavy atom. The first kappa shape index (κ1) is 15.1. The highest BCUT2D eigenvalue weighted by Crippen LogP contribution is 2.61. The Hall–Kier alpha value is -2.14. The summed E-state index contributed by atoms with van der Waals surface area (Å²) in [6.07, 6.45) is 5.01. The van der Waals surface area contributed by atoms with E-state index in [4.69, 9.17) is 0 Å². The van der Waals surface area contributed by atoms with Gasteiger partial charge in [0.1, 0.15) is 18.0 Å². The Balaban J connectivity index is 1.24. The molecule has 2 aromatic rings. The van der Waals surface area contributed by atoms with Crippen LogP contribution < -0.4 is 10.2 Å². The van der Waals surface area contributed by atoms with Crippen LogP contribution in [0.25, 0.3) is 0 Å². The van der Waals surface area contributed by atoms with Gasteiger partial charge in [-0.3, -0.25) is 0 Å². The fourth-order valence-electron chi connectivity index (χ4n) is 4.91. The number of nitrogens with one attached hydrogen (secondary N) is 1. The third kappa shape index (κ3) is 2.58. The molecule has 4 unspecified atom stereocenters. The van der Waals surface area contributed by atoms with Crippen LogP contribution in [0.5, 0.6) is 0 Å². The normalized spacial score (nSPS) is 29.4. The van der Waals surface area contributed by atoms with Crippen LogP contribution in [0.4, 0.5) is 11.6 Å². The average Bonchev–Trinajstić information content (AvgIpc) is 3.01. The molecule has 5 heteroatoms. The van der Waals surface area contributed by atoms with Gasteiger partial charge in [-0.1, -0.05) is 24.3 Å². The fourth-order valence-corrected chi connectivity index (χ4v) is 4.91. The lowest BCUT2D eigenvalue weighted by molar-refractivity contribution is 0.266. The van der Waals surface area contributed by atoms with Gasteiger partial charge in [0.2, 0.25) is 0 Å². The maximum Gasteiger partial charge on any atom is 0.134 e. The van der Waals surface area contributed by atoms with Gasteiger partial charge in [-0.25, -0.2) is 9.97 Å². The Labute approximate surface area is 148 Å². The maximum absolute atomic E-state index is 9.52. The lowest BCUT2D eigenvalue weighted by Gasteiger charge is -2.24. The van der Waals surface area contributed by atoms with Gasteiger partial charge >= 0.3 is 0 Å². The molecule has 5 rings (SSSR count). The summed E-state index contributed by atoms with van der Waals surface area (Å²) in [5.74, 6) is 4.10. The molecule has 1 aromatic carbocycles. The molecule has 2 fully saturated rings. The first-order chi connectivity index (χ1) is 12.3. The quantitative estimate of drug-likeness (QED) is 0.878. The summed E-state index contributed by atoms with van der Waals surface area (Å²) in [6, 6.07) is 11.1. The Kier molecular flexibility index (Phi) is 3.63. The zero-order chi connectivity index (χ0) is 16.8. The van der Waals surface area contributed by atoms with E-state index >= 15 is 0 Å². The summed E-state index contributed by atoms with van der Waals surface area (Å²) >= 11 is 0. The van der Waals surface area contributed by atoms with Gasteiger partial charge in [-0.15, -0.1) is 0 Å². The second-order valence-electron chi connectivity index (χ2n) is 7.57. The van der Waals surface area contributed by atoms with E-state index < -0.39 is 0 Å². The smallest absolute Gasteiger partial charge is 0.134 e. The highest BCUT2D eigenvalue weighted by atomic mass is 16.3. The van der Waals surface area contributed by atoms with Crippen LogP contribution in [-0.2, 0) is 6.42 Å². The molecule has 2 aliphatic carbocycles. The average molecular weight is 336 g/mol. The lowest BCUT2D eigenvalue weighted by Crippen LogP contribution is -2.32. The molecule has 130 valence electrons. The molecule has 0 bridgehead atoms. The minimum absolute atomic E-state index is 0.192. The molecule has 1 aromatic heterocycles. The first-order valence-corrected chi connectivity index (χ1v) is 9.36. The first-order valence-electron chi connectivity index (χ1n) is 9.36. The minimum Gasteiger partial charge on any atom is -0.394 e. The Bertz CT molecular complexity index is 780. The molecule has 4 atom stereocenters. The van der Waals surface area contributed by atoms with Gasteiger partial charge in [-0.2, -0.15) is 0 Å². The van der Waals surface area contributed by atoms with Crippen molar-refractivity contribution in [3.05, 3.63) is 47.8 Å². The summed E-state index contributed by atoms with van der Waals surface area (Å²) in [5, 5.41) is 13.0. The van der Waals surface area contributed by atoms with Crippen molar-refractivity contribution in [3.8, 4) is 0 Å². The van der Waals surface area contributed by atoms with E-state index in [1.54, 1.807) is 17.5 Å². The number of fused-ring (bicyclic) bond motifs is 3. The van der Waals surface area contributed by atoms with E-state index in [2.05, 4.69) is 44.5 Å². The van der Waals surface area contributed by atoms with Crippen molar-refractivity contribution in [2.24, 2.45) is 11.8 Å². The molecule has 0 radical (unpaired) electrons. The lowest BCUT2D eigenvalue weighted by atomic mass is 10.0. The van der Waals surface area contributed by atoms with Crippen LogP contribution in [0, 0.1) is 11.8 Å². The van der Waals surface area contributed by atoms with Gasteiger partial charge in [0.15, 0.2) is 0 Å². The van der Waals surface area contributed by atoms with Crippen molar-refractivity contribution >= 4 is 11.6 Å². The van der Waals surface area contributed by atoms with Crippen LogP contribution in [0.3, 0.4) is 0 Å². The molecule has 1 aliphatic heterocycles. The largest absolute Gasteiger partial charge is 0.394 e. The molecule has 3 aliphatic rings. The summed E-state index contributed by atoms with van der Waals surface area (Å²) in [5.41, 5.74) is 3.10. The van der Waals surface area contributed by atoms with Gasteiger partial charge < -0.3 is 15.3 Å². The number of rotatable bonds is 5. The third-order valence-electron chi connectivity index (χ3n) is 6.26.